The monoisotopic (exact) mass is 403 g/mol. The Balaban J connectivity index is 1.48. The van der Waals surface area contributed by atoms with E-state index in [1.807, 2.05) is 54.6 Å². The van der Waals surface area contributed by atoms with Gasteiger partial charge in [-0.05, 0) is 42.0 Å². The summed E-state index contributed by atoms with van der Waals surface area (Å²) in [6, 6.07) is 20.2. The Bertz CT molecular complexity index is 1150. The highest BCUT2D eigenvalue weighted by Crippen LogP contribution is 2.27. The number of hydrogen-bond acceptors (Lipinski definition) is 5. The molecule has 3 aromatic carbocycles. The molecule has 0 bridgehead atoms. The van der Waals surface area contributed by atoms with Gasteiger partial charge in [-0.2, -0.15) is 5.10 Å². The van der Waals surface area contributed by atoms with Gasteiger partial charge < -0.3 is 19.5 Å². The molecular weight excluding hydrogens is 382 g/mol. The second-order valence-corrected chi connectivity index (χ2v) is 6.61. The summed E-state index contributed by atoms with van der Waals surface area (Å²) in [4.78, 5) is 12.4. The third-order valence-electron chi connectivity index (χ3n) is 4.62. The van der Waals surface area contributed by atoms with Gasteiger partial charge >= 0.3 is 0 Å². The fourth-order valence-corrected chi connectivity index (χ4v) is 3.07. The standard InChI is InChI=1S/C23H21N3O4/c1-28-18-10-15(11-19(12-18)29-2)14-30-17-8-9-20-21(13-17)25-26-22(20)24-23(27)16-6-4-3-5-7-16/h3-13H,14H2,1-2H3,(H2,24,25,26,27). The summed E-state index contributed by atoms with van der Waals surface area (Å²) in [5.74, 6) is 2.35. The first-order chi connectivity index (χ1) is 14.7. The first-order valence-electron chi connectivity index (χ1n) is 9.35. The van der Waals surface area contributed by atoms with Crippen LogP contribution in [0.2, 0.25) is 0 Å². The fourth-order valence-electron chi connectivity index (χ4n) is 3.07. The second-order valence-electron chi connectivity index (χ2n) is 6.61. The van der Waals surface area contributed by atoms with Gasteiger partial charge in [-0.25, -0.2) is 0 Å². The normalized spacial score (nSPS) is 10.6. The predicted octanol–water partition coefficient (Wildman–Crippen LogP) is 4.41. The fraction of sp³-hybridized carbons (Fsp3) is 0.130. The number of fused-ring (bicyclic) bond motifs is 1. The molecule has 4 rings (SSSR count). The van der Waals surface area contributed by atoms with Crippen LogP contribution >= 0.6 is 0 Å². The van der Waals surface area contributed by atoms with Crippen LogP contribution in [0.15, 0.2) is 66.7 Å². The van der Waals surface area contributed by atoms with E-state index in [0.29, 0.717) is 35.2 Å². The number of aromatic nitrogens is 2. The molecule has 2 N–H and O–H groups in total. The Morgan fingerprint density at radius 2 is 1.67 bits per heavy atom. The number of nitrogens with zero attached hydrogens (tertiary/aromatic N) is 1. The van der Waals surface area contributed by atoms with Gasteiger partial charge in [0.05, 0.1) is 19.7 Å². The van der Waals surface area contributed by atoms with E-state index in [0.717, 1.165) is 16.5 Å². The lowest BCUT2D eigenvalue weighted by Gasteiger charge is -2.10. The van der Waals surface area contributed by atoms with Gasteiger partial charge in [-0.15, -0.1) is 0 Å². The largest absolute Gasteiger partial charge is 0.497 e. The minimum absolute atomic E-state index is 0.212. The smallest absolute Gasteiger partial charge is 0.256 e. The highest BCUT2D eigenvalue weighted by Gasteiger charge is 2.12. The minimum atomic E-state index is -0.212. The van der Waals surface area contributed by atoms with E-state index >= 15 is 0 Å². The molecule has 4 aromatic rings. The Morgan fingerprint density at radius 3 is 2.37 bits per heavy atom. The average molecular weight is 403 g/mol. The molecule has 0 aliphatic carbocycles. The van der Waals surface area contributed by atoms with Crippen LogP contribution in [-0.2, 0) is 6.61 Å². The van der Waals surface area contributed by atoms with E-state index in [1.54, 1.807) is 26.4 Å². The zero-order chi connectivity index (χ0) is 20.9. The van der Waals surface area contributed by atoms with Gasteiger partial charge in [-0.1, -0.05) is 18.2 Å². The van der Waals surface area contributed by atoms with Crippen LogP contribution in [-0.4, -0.2) is 30.3 Å². The summed E-state index contributed by atoms with van der Waals surface area (Å²) in [5.41, 5.74) is 2.26. The number of rotatable bonds is 7. The quantitative estimate of drug-likeness (QED) is 0.477. The Kier molecular flexibility index (Phi) is 5.52. The molecular formula is C23H21N3O4. The molecule has 0 fully saturated rings. The SMILES string of the molecule is COc1cc(COc2ccc3c(NC(=O)c4ccccc4)n[nH]c3c2)cc(OC)c1. The first-order valence-corrected chi connectivity index (χ1v) is 9.35. The number of anilines is 1. The predicted molar refractivity (Wildman–Crippen MR) is 114 cm³/mol. The molecule has 30 heavy (non-hydrogen) atoms. The van der Waals surface area contributed by atoms with Gasteiger partial charge in [0.2, 0.25) is 0 Å². The summed E-state index contributed by atoms with van der Waals surface area (Å²) in [5, 5.41) is 10.8. The number of methoxy groups -OCH3 is 2. The Morgan fingerprint density at radius 1 is 0.933 bits per heavy atom. The van der Waals surface area contributed by atoms with Crippen molar-refractivity contribution in [1.82, 2.24) is 10.2 Å². The summed E-state index contributed by atoms with van der Waals surface area (Å²) in [7, 11) is 3.22. The highest BCUT2D eigenvalue weighted by atomic mass is 16.5. The van der Waals surface area contributed by atoms with E-state index < -0.39 is 0 Å². The molecule has 1 amide bonds. The Labute approximate surface area is 173 Å². The van der Waals surface area contributed by atoms with E-state index in [-0.39, 0.29) is 5.91 Å². The first kappa shape index (κ1) is 19.3. The lowest BCUT2D eigenvalue weighted by molar-refractivity contribution is 0.102. The van der Waals surface area contributed by atoms with Crippen molar-refractivity contribution in [3.63, 3.8) is 0 Å². The van der Waals surface area contributed by atoms with Crippen molar-refractivity contribution in [2.24, 2.45) is 0 Å². The van der Waals surface area contributed by atoms with Crippen molar-refractivity contribution >= 4 is 22.6 Å². The van der Waals surface area contributed by atoms with E-state index in [9.17, 15) is 4.79 Å². The van der Waals surface area contributed by atoms with Gasteiger partial charge in [0.1, 0.15) is 23.9 Å². The number of hydrogen-bond donors (Lipinski definition) is 2. The molecule has 7 nitrogen and oxygen atoms in total. The molecule has 0 atom stereocenters. The molecule has 1 aromatic heterocycles. The van der Waals surface area contributed by atoms with Crippen molar-refractivity contribution in [3.05, 3.63) is 77.9 Å². The van der Waals surface area contributed by atoms with Crippen LogP contribution in [0.25, 0.3) is 10.9 Å². The summed E-state index contributed by atoms with van der Waals surface area (Å²) in [6.07, 6.45) is 0. The van der Waals surface area contributed by atoms with Crippen LogP contribution < -0.4 is 19.5 Å². The molecule has 0 spiro atoms. The highest BCUT2D eigenvalue weighted by molar-refractivity contribution is 6.07. The minimum Gasteiger partial charge on any atom is -0.497 e. The molecule has 0 aliphatic rings. The van der Waals surface area contributed by atoms with Crippen LogP contribution in [0, 0.1) is 0 Å². The van der Waals surface area contributed by atoms with Crippen LogP contribution in [0.1, 0.15) is 15.9 Å². The average Bonchev–Trinajstić information content (AvgIpc) is 3.19. The van der Waals surface area contributed by atoms with Gasteiger partial charge in [0.15, 0.2) is 5.82 Å². The van der Waals surface area contributed by atoms with Crippen molar-refractivity contribution < 1.29 is 19.0 Å². The van der Waals surface area contributed by atoms with Gasteiger partial charge in [-0.3, -0.25) is 9.89 Å². The number of H-pyrrole nitrogens is 1. The zero-order valence-corrected chi connectivity index (χ0v) is 16.6. The molecule has 0 saturated heterocycles. The number of nitrogens with one attached hydrogen (secondary N) is 2. The number of aromatic amines is 1. The number of carbonyl (C=O) groups is 1. The summed E-state index contributed by atoms with van der Waals surface area (Å²) in [6.45, 7) is 0.352. The van der Waals surface area contributed by atoms with Crippen molar-refractivity contribution in [2.75, 3.05) is 19.5 Å². The molecule has 0 unspecified atom stereocenters. The number of ether oxygens (including phenoxy) is 3. The van der Waals surface area contributed by atoms with Crippen LogP contribution in [0.5, 0.6) is 17.2 Å². The van der Waals surface area contributed by atoms with E-state index in [1.165, 1.54) is 0 Å². The van der Waals surface area contributed by atoms with Crippen molar-refractivity contribution in [1.29, 1.82) is 0 Å². The van der Waals surface area contributed by atoms with Crippen molar-refractivity contribution in [2.45, 2.75) is 6.61 Å². The lowest BCUT2D eigenvalue weighted by atomic mass is 10.2. The summed E-state index contributed by atoms with van der Waals surface area (Å²) < 4.78 is 16.5. The lowest BCUT2D eigenvalue weighted by Crippen LogP contribution is -2.12. The molecule has 0 radical (unpaired) electrons. The maximum atomic E-state index is 12.4. The molecule has 0 aliphatic heterocycles. The van der Waals surface area contributed by atoms with E-state index in [2.05, 4.69) is 15.5 Å². The zero-order valence-electron chi connectivity index (χ0n) is 16.6. The topological polar surface area (TPSA) is 85.5 Å². The maximum absolute atomic E-state index is 12.4. The molecule has 7 heteroatoms. The van der Waals surface area contributed by atoms with Crippen LogP contribution in [0.4, 0.5) is 5.82 Å². The van der Waals surface area contributed by atoms with Gasteiger partial charge in [0, 0.05) is 23.1 Å². The number of carbonyl (C=O) groups excluding carboxylic acids is 1. The molecule has 1 heterocycles. The number of benzene rings is 3. The van der Waals surface area contributed by atoms with E-state index in [4.69, 9.17) is 14.2 Å². The third-order valence-corrected chi connectivity index (χ3v) is 4.62. The molecule has 152 valence electrons. The van der Waals surface area contributed by atoms with Crippen molar-refractivity contribution in [3.8, 4) is 17.2 Å². The Hall–Kier alpha value is -4.00. The van der Waals surface area contributed by atoms with Crippen LogP contribution in [0.3, 0.4) is 0 Å². The maximum Gasteiger partial charge on any atom is 0.256 e. The summed E-state index contributed by atoms with van der Waals surface area (Å²) >= 11 is 0. The number of amides is 1. The van der Waals surface area contributed by atoms with Gasteiger partial charge in [0.25, 0.3) is 5.91 Å². The third kappa shape index (κ3) is 4.20. The second kappa shape index (κ2) is 8.57. The molecule has 0 saturated carbocycles.